The molecule has 2 heteroatoms. The first-order chi connectivity index (χ1) is 5.49. The molecule has 0 aliphatic rings. The number of nitrogens with one attached hydrogen (secondary N) is 1. The molecule has 0 radical (unpaired) electrons. The van der Waals surface area contributed by atoms with Crippen LogP contribution in [0.3, 0.4) is 0 Å². The van der Waals surface area contributed by atoms with Crippen molar-refractivity contribution >= 4 is 11.4 Å². The second kappa shape index (κ2) is 2.40. The van der Waals surface area contributed by atoms with E-state index in [0.717, 1.165) is 0 Å². The molecular formula is C7H10N2. The standard InChI is InChI=1S/C7H10N2/c1-9-7-5-3-2-4-6(7)8/h2-5,9H,8H2,1H3/i1D3. The van der Waals surface area contributed by atoms with Crippen LogP contribution in [0.4, 0.5) is 11.4 Å². The molecule has 48 valence electrons. The predicted molar refractivity (Wildman–Crippen MR) is 40.4 cm³/mol. The normalized spacial score (nSPS) is 15.3. The Balaban J connectivity index is 2.83. The highest BCUT2D eigenvalue weighted by atomic mass is 14.8. The minimum Gasteiger partial charge on any atom is -0.397 e. The minimum atomic E-state index is -2.19. The highest BCUT2D eigenvalue weighted by Crippen LogP contribution is 2.14. The zero-order chi connectivity index (χ0) is 9.19. The maximum atomic E-state index is 6.93. The lowest BCUT2D eigenvalue weighted by Crippen LogP contribution is -1.93. The highest BCUT2D eigenvalue weighted by molar-refractivity contribution is 5.65. The first kappa shape index (κ1) is 3.11. The van der Waals surface area contributed by atoms with E-state index >= 15 is 0 Å². The molecule has 0 aliphatic carbocycles. The van der Waals surface area contributed by atoms with Crippen molar-refractivity contribution < 1.29 is 4.11 Å². The summed E-state index contributed by atoms with van der Waals surface area (Å²) in [6.07, 6.45) is 0. The van der Waals surface area contributed by atoms with E-state index in [2.05, 4.69) is 5.32 Å². The van der Waals surface area contributed by atoms with E-state index in [0.29, 0.717) is 11.4 Å². The zero-order valence-corrected chi connectivity index (χ0v) is 4.89. The van der Waals surface area contributed by atoms with Gasteiger partial charge in [0.25, 0.3) is 0 Å². The van der Waals surface area contributed by atoms with Gasteiger partial charge in [0.1, 0.15) is 0 Å². The summed E-state index contributed by atoms with van der Waals surface area (Å²) in [6.45, 7) is -2.19. The smallest absolute Gasteiger partial charge is 0.0571 e. The van der Waals surface area contributed by atoms with Gasteiger partial charge in [-0.25, -0.2) is 0 Å². The lowest BCUT2D eigenvalue weighted by atomic mass is 10.3. The van der Waals surface area contributed by atoms with E-state index in [-0.39, 0.29) is 0 Å². The van der Waals surface area contributed by atoms with Crippen molar-refractivity contribution in [2.75, 3.05) is 18.0 Å². The van der Waals surface area contributed by atoms with Gasteiger partial charge in [-0.15, -0.1) is 0 Å². The van der Waals surface area contributed by atoms with Crippen LogP contribution in [0.1, 0.15) is 4.11 Å². The molecule has 0 aliphatic heterocycles. The minimum absolute atomic E-state index is 0.439. The van der Waals surface area contributed by atoms with Crippen LogP contribution in [0.25, 0.3) is 0 Å². The van der Waals surface area contributed by atoms with E-state index in [1.54, 1.807) is 24.3 Å². The van der Waals surface area contributed by atoms with Crippen molar-refractivity contribution in [3.8, 4) is 0 Å². The molecule has 0 fully saturated rings. The lowest BCUT2D eigenvalue weighted by molar-refractivity contribution is 1.51. The summed E-state index contributed by atoms with van der Waals surface area (Å²) in [5.41, 5.74) is 6.40. The Morgan fingerprint density at radius 3 is 3.00 bits per heavy atom. The van der Waals surface area contributed by atoms with Gasteiger partial charge < -0.3 is 11.1 Å². The summed E-state index contributed by atoms with van der Waals surface area (Å²) in [5, 5.41) is 2.32. The van der Waals surface area contributed by atoms with Gasteiger partial charge in [0, 0.05) is 11.1 Å². The van der Waals surface area contributed by atoms with E-state index in [9.17, 15) is 0 Å². The van der Waals surface area contributed by atoms with Gasteiger partial charge in [0.05, 0.1) is 11.4 Å². The number of hydrogen-bond donors (Lipinski definition) is 2. The van der Waals surface area contributed by atoms with Crippen molar-refractivity contribution in [2.24, 2.45) is 0 Å². The molecule has 0 saturated heterocycles. The van der Waals surface area contributed by atoms with E-state index < -0.39 is 6.98 Å². The Bertz CT molecular complexity index is 270. The summed E-state index contributed by atoms with van der Waals surface area (Å²) in [5.74, 6) is 0. The first-order valence-electron chi connectivity index (χ1n) is 4.12. The van der Waals surface area contributed by atoms with Crippen LogP contribution >= 0.6 is 0 Å². The largest absolute Gasteiger partial charge is 0.397 e. The number of nitrogens with two attached hydrogens (primary N) is 1. The van der Waals surface area contributed by atoms with Crippen LogP contribution in [0.5, 0.6) is 0 Å². The van der Waals surface area contributed by atoms with Crippen molar-refractivity contribution in [3.63, 3.8) is 0 Å². The van der Waals surface area contributed by atoms with E-state index in [1.165, 1.54) is 0 Å². The van der Waals surface area contributed by atoms with Crippen molar-refractivity contribution in [1.82, 2.24) is 0 Å². The molecule has 1 aromatic rings. The zero-order valence-electron chi connectivity index (χ0n) is 7.89. The van der Waals surface area contributed by atoms with Crippen LogP contribution < -0.4 is 11.1 Å². The Kier molecular flexibility index (Phi) is 0.827. The average Bonchev–Trinajstić information content (AvgIpc) is 1.91. The molecule has 0 heterocycles. The molecule has 0 bridgehead atoms. The molecule has 0 amide bonds. The third-order valence-electron chi connectivity index (χ3n) is 1.10. The van der Waals surface area contributed by atoms with Crippen LogP contribution in [0, 0.1) is 0 Å². The fraction of sp³-hybridized carbons (Fsp3) is 0.143. The van der Waals surface area contributed by atoms with Crippen LogP contribution in [0.2, 0.25) is 0 Å². The summed E-state index contributed by atoms with van der Waals surface area (Å²) in [7, 11) is 0. The van der Waals surface area contributed by atoms with Gasteiger partial charge in [0.15, 0.2) is 0 Å². The molecule has 0 spiro atoms. The molecule has 1 rings (SSSR count). The summed E-state index contributed by atoms with van der Waals surface area (Å²) < 4.78 is 20.8. The van der Waals surface area contributed by atoms with Gasteiger partial charge in [0.2, 0.25) is 0 Å². The van der Waals surface area contributed by atoms with Crippen molar-refractivity contribution in [2.45, 2.75) is 0 Å². The van der Waals surface area contributed by atoms with Gasteiger partial charge in [-0.2, -0.15) is 0 Å². The SMILES string of the molecule is [2H]C([2H])([2H])Nc1ccccc1N. The fourth-order valence-electron chi connectivity index (χ4n) is 0.611. The van der Waals surface area contributed by atoms with Crippen molar-refractivity contribution in [1.29, 1.82) is 0 Å². The van der Waals surface area contributed by atoms with E-state index in [4.69, 9.17) is 9.85 Å². The summed E-state index contributed by atoms with van der Waals surface area (Å²) in [6, 6.07) is 6.75. The van der Waals surface area contributed by atoms with Gasteiger partial charge in [-0.05, 0) is 12.1 Å². The van der Waals surface area contributed by atoms with Crippen LogP contribution in [-0.2, 0) is 0 Å². The van der Waals surface area contributed by atoms with Crippen LogP contribution in [0.15, 0.2) is 24.3 Å². The summed E-state index contributed by atoms with van der Waals surface area (Å²) >= 11 is 0. The molecule has 9 heavy (non-hydrogen) atoms. The Hall–Kier alpha value is -1.18. The molecule has 0 atom stereocenters. The average molecular weight is 125 g/mol. The number of benzene rings is 1. The highest BCUT2D eigenvalue weighted by Gasteiger charge is 1.89. The molecule has 0 aromatic heterocycles. The predicted octanol–water partition coefficient (Wildman–Crippen LogP) is 1.31. The monoisotopic (exact) mass is 125 g/mol. The second-order valence-corrected chi connectivity index (χ2v) is 1.71. The first-order valence-corrected chi connectivity index (χ1v) is 2.62. The Morgan fingerprint density at radius 2 is 2.33 bits per heavy atom. The number of hydrogen-bond acceptors (Lipinski definition) is 2. The summed E-state index contributed by atoms with van der Waals surface area (Å²) in [4.78, 5) is 0. The lowest BCUT2D eigenvalue weighted by Gasteiger charge is -2.01. The number of anilines is 2. The third-order valence-corrected chi connectivity index (χ3v) is 1.10. The molecule has 1 aromatic carbocycles. The van der Waals surface area contributed by atoms with E-state index in [1.807, 2.05) is 0 Å². The Morgan fingerprint density at radius 1 is 1.56 bits per heavy atom. The quantitative estimate of drug-likeness (QED) is 0.555. The van der Waals surface area contributed by atoms with Gasteiger partial charge >= 0.3 is 0 Å². The second-order valence-electron chi connectivity index (χ2n) is 1.71. The maximum Gasteiger partial charge on any atom is 0.0571 e. The maximum absolute atomic E-state index is 6.93. The third kappa shape index (κ3) is 1.13. The van der Waals surface area contributed by atoms with Crippen molar-refractivity contribution in [3.05, 3.63) is 24.3 Å². The Labute approximate surface area is 58.9 Å². The molecule has 2 nitrogen and oxygen atoms in total. The number of nitrogen functional groups attached to an aromatic ring is 1. The van der Waals surface area contributed by atoms with Gasteiger partial charge in [-0.3, -0.25) is 0 Å². The topological polar surface area (TPSA) is 38.0 Å². The van der Waals surface area contributed by atoms with Gasteiger partial charge in [-0.1, -0.05) is 12.1 Å². The molecule has 0 saturated carbocycles. The number of para-hydroxylation sites is 2. The molecule has 3 N–H and O–H groups in total. The molecular weight excluding hydrogens is 112 g/mol. The number of rotatable bonds is 1. The molecule has 0 unspecified atom stereocenters. The van der Waals surface area contributed by atoms with Crippen LogP contribution in [-0.4, -0.2) is 6.98 Å². The fourth-order valence-corrected chi connectivity index (χ4v) is 0.611.